The Hall–Kier alpha value is -4.79. The number of hydrogen-bond donors (Lipinski definition) is 2. The molecule has 2 heterocycles. The SMILES string of the molecule is CCOc1cc(F)ccc1-c1cc(Nc2ccc3nc(-c4cccc(F)c4)cc(N(C)C)c3c2)nc(N)n1. The Morgan fingerprint density at radius 3 is 2.45 bits per heavy atom. The number of nitrogens with one attached hydrogen (secondary N) is 1. The molecule has 0 unspecified atom stereocenters. The van der Waals surface area contributed by atoms with Gasteiger partial charge in [0.2, 0.25) is 5.95 Å². The summed E-state index contributed by atoms with van der Waals surface area (Å²) in [5.41, 5.74) is 11.0. The molecule has 0 aliphatic rings. The minimum absolute atomic E-state index is 0.0629. The summed E-state index contributed by atoms with van der Waals surface area (Å²) in [4.78, 5) is 15.4. The Morgan fingerprint density at radius 1 is 0.868 bits per heavy atom. The molecule has 0 saturated heterocycles. The zero-order valence-corrected chi connectivity index (χ0v) is 21.2. The summed E-state index contributed by atoms with van der Waals surface area (Å²) in [6.45, 7) is 2.20. The highest BCUT2D eigenvalue weighted by atomic mass is 19.1. The first-order valence-electron chi connectivity index (χ1n) is 12.0. The molecule has 0 spiro atoms. The average molecular weight is 513 g/mol. The Balaban J connectivity index is 1.53. The molecule has 5 rings (SSSR count). The van der Waals surface area contributed by atoms with E-state index in [9.17, 15) is 8.78 Å². The normalized spacial score (nSPS) is 11.0. The third-order valence-corrected chi connectivity index (χ3v) is 5.92. The third kappa shape index (κ3) is 5.17. The molecule has 0 radical (unpaired) electrons. The standard InChI is InChI=1S/C29H26F2N6O/c1-4-38-27-13-19(31)8-10-21(27)25-16-28(36-29(32)35-25)33-20-9-11-23-22(14-20)26(37(2)3)15-24(34-23)17-6-5-7-18(30)12-17/h5-16H,4H2,1-3H3,(H3,32,33,35,36). The number of ether oxygens (including phenoxy) is 1. The topological polar surface area (TPSA) is 89.2 Å². The fraction of sp³-hybridized carbons (Fsp3) is 0.138. The fourth-order valence-corrected chi connectivity index (χ4v) is 4.25. The molecular formula is C29H26F2N6O. The number of halogens is 2. The lowest BCUT2D eigenvalue weighted by Crippen LogP contribution is -2.10. The summed E-state index contributed by atoms with van der Waals surface area (Å²) in [5, 5.41) is 4.19. The first-order chi connectivity index (χ1) is 18.3. The lowest BCUT2D eigenvalue weighted by atomic mass is 10.1. The number of hydrogen-bond acceptors (Lipinski definition) is 7. The van der Waals surface area contributed by atoms with Crippen molar-refractivity contribution in [3.63, 3.8) is 0 Å². The number of fused-ring (bicyclic) bond motifs is 1. The van der Waals surface area contributed by atoms with Crippen LogP contribution < -0.4 is 20.7 Å². The number of nitrogen functional groups attached to an aromatic ring is 1. The predicted octanol–water partition coefficient (Wildman–Crippen LogP) is 6.43. The van der Waals surface area contributed by atoms with Crippen LogP contribution >= 0.6 is 0 Å². The number of anilines is 4. The highest BCUT2D eigenvalue weighted by Gasteiger charge is 2.14. The van der Waals surface area contributed by atoms with Crippen LogP contribution in [0.3, 0.4) is 0 Å². The molecule has 7 nitrogen and oxygen atoms in total. The first-order valence-corrected chi connectivity index (χ1v) is 12.0. The Morgan fingerprint density at radius 2 is 1.68 bits per heavy atom. The van der Waals surface area contributed by atoms with Crippen LogP contribution in [0.4, 0.5) is 31.9 Å². The second-order valence-corrected chi connectivity index (χ2v) is 8.86. The van der Waals surface area contributed by atoms with E-state index in [4.69, 9.17) is 15.5 Å². The van der Waals surface area contributed by atoms with E-state index in [0.717, 1.165) is 22.3 Å². The van der Waals surface area contributed by atoms with E-state index < -0.39 is 5.82 Å². The van der Waals surface area contributed by atoms with Crippen molar-refractivity contribution in [3.8, 4) is 28.3 Å². The molecule has 0 aliphatic heterocycles. The van der Waals surface area contributed by atoms with Gasteiger partial charge in [-0.25, -0.2) is 18.7 Å². The van der Waals surface area contributed by atoms with Gasteiger partial charge in [-0.2, -0.15) is 4.98 Å². The van der Waals surface area contributed by atoms with Crippen LogP contribution in [0.15, 0.2) is 72.8 Å². The van der Waals surface area contributed by atoms with Crippen LogP contribution in [0, 0.1) is 11.6 Å². The molecule has 0 bridgehead atoms. The predicted molar refractivity (Wildman–Crippen MR) is 148 cm³/mol. The van der Waals surface area contributed by atoms with Gasteiger partial charge in [0.05, 0.1) is 23.5 Å². The van der Waals surface area contributed by atoms with Gasteiger partial charge in [-0.1, -0.05) is 12.1 Å². The molecule has 0 aliphatic carbocycles. The van der Waals surface area contributed by atoms with Crippen molar-refractivity contribution in [2.24, 2.45) is 0 Å². The molecular weight excluding hydrogens is 486 g/mol. The van der Waals surface area contributed by atoms with E-state index in [1.807, 2.05) is 56.3 Å². The summed E-state index contributed by atoms with van der Waals surface area (Å²) < 4.78 is 33.3. The van der Waals surface area contributed by atoms with Crippen molar-refractivity contribution in [2.45, 2.75) is 6.92 Å². The van der Waals surface area contributed by atoms with Crippen LogP contribution in [0.5, 0.6) is 5.75 Å². The monoisotopic (exact) mass is 512 g/mol. The lowest BCUT2D eigenvalue weighted by Gasteiger charge is -2.18. The molecule has 3 N–H and O–H groups in total. The maximum Gasteiger partial charge on any atom is 0.222 e. The Kier molecular flexibility index (Phi) is 6.74. The quantitative estimate of drug-likeness (QED) is 0.260. The maximum absolute atomic E-state index is 13.8. The molecule has 0 saturated carbocycles. The van der Waals surface area contributed by atoms with E-state index in [1.165, 1.54) is 24.3 Å². The number of pyridine rings is 1. The number of nitrogens with zero attached hydrogens (tertiary/aromatic N) is 4. The fourth-order valence-electron chi connectivity index (χ4n) is 4.25. The summed E-state index contributed by atoms with van der Waals surface area (Å²) >= 11 is 0. The Bertz CT molecular complexity index is 1640. The number of nitrogens with two attached hydrogens (primary N) is 1. The van der Waals surface area contributed by atoms with E-state index in [0.29, 0.717) is 40.7 Å². The largest absolute Gasteiger partial charge is 0.493 e. The van der Waals surface area contributed by atoms with Crippen molar-refractivity contribution in [1.82, 2.24) is 15.0 Å². The van der Waals surface area contributed by atoms with Crippen molar-refractivity contribution in [2.75, 3.05) is 36.7 Å². The van der Waals surface area contributed by atoms with Gasteiger partial charge in [0, 0.05) is 54.1 Å². The lowest BCUT2D eigenvalue weighted by molar-refractivity contribution is 0.339. The van der Waals surface area contributed by atoms with E-state index in [-0.39, 0.29) is 11.8 Å². The van der Waals surface area contributed by atoms with Gasteiger partial charge < -0.3 is 20.7 Å². The third-order valence-electron chi connectivity index (χ3n) is 5.92. The maximum atomic E-state index is 13.8. The Labute approximate surface area is 218 Å². The van der Waals surface area contributed by atoms with Gasteiger partial charge in [-0.15, -0.1) is 0 Å². The summed E-state index contributed by atoms with van der Waals surface area (Å²) in [7, 11) is 3.89. The van der Waals surface area contributed by atoms with Gasteiger partial charge in [0.1, 0.15) is 23.2 Å². The summed E-state index contributed by atoms with van der Waals surface area (Å²) in [6, 6.07) is 20.1. The molecule has 9 heteroatoms. The average Bonchev–Trinajstić information content (AvgIpc) is 2.88. The number of aromatic nitrogens is 3. The smallest absolute Gasteiger partial charge is 0.222 e. The number of benzene rings is 3. The van der Waals surface area contributed by atoms with E-state index in [2.05, 4.69) is 15.3 Å². The highest BCUT2D eigenvalue weighted by molar-refractivity contribution is 5.96. The summed E-state index contributed by atoms with van der Waals surface area (Å²) in [6.07, 6.45) is 0. The van der Waals surface area contributed by atoms with Gasteiger partial charge in [-0.05, 0) is 55.5 Å². The van der Waals surface area contributed by atoms with E-state index >= 15 is 0 Å². The molecule has 0 atom stereocenters. The molecule has 5 aromatic rings. The first kappa shape index (κ1) is 24.9. The molecule has 0 fully saturated rings. The van der Waals surface area contributed by atoms with Crippen molar-refractivity contribution >= 4 is 34.0 Å². The van der Waals surface area contributed by atoms with Gasteiger partial charge in [-0.3, -0.25) is 0 Å². The van der Waals surface area contributed by atoms with Crippen LogP contribution in [0.1, 0.15) is 6.92 Å². The summed E-state index contributed by atoms with van der Waals surface area (Å²) in [5.74, 6) is 0.188. The van der Waals surface area contributed by atoms with Crippen LogP contribution in [-0.2, 0) is 0 Å². The number of rotatable bonds is 7. The van der Waals surface area contributed by atoms with Crippen LogP contribution in [0.25, 0.3) is 33.4 Å². The van der Waals surface area contributed by atoms with Crippen LogP contribution in [-0.4, -0.2) is 35.7 Å². The van der Waals surface area contributed by atoms with Crippen LogP contribution in [0.2, 0.25) is 0 Å². The molecule has 2 aromatic heterocycles. The van der Waals surface area contributed by atoms with Crippen molar-refractivity contribution in [1.29, 1.82) is 0 Å². The van der Waals surface area contributed by atoms with Gasteiger partial charge in [0.25, 0.3) is 0 Å². The second kappa shape index (κ2) is 10.3. The zero-order chi connectivity index (χ0) is 26.8. The molecule has 38 heavy (non-hydrogen) atoms. The van der Waals surface area contributed by atoms with E-state index in [1.54, 1.807) is 18.2 Å². The minimum Gasteiger partial charge on any atom is -0.493 e. The molecule has 192 valence electrons. The van der Waals surface area contributed by atoms with Crippen molar-refractivity contribution < 1.29 is 13.5 Å². The minimum atomic E-state index is -0.403. The van der Waals surface area contributed by atoms with Gasteiger partial charge in [0.15, 0.2) is 0 Å². The highest BCUT2D eigenvalue weighted by Crippen LogP contribution is 2.34. The van der Waals surface area contributed by atoms with Gasteiger partial charge >= 0.3 is 0 Å². The molecule has 3 aromatic carbocycles. The van der Waals surface area contributed by atoms with Crippen molar-refractivity contribution in [3.05, 3.63) is 84.4 Å². The molecule has 0 amide bonds. The second-order valence-electron chi connectivity index (χ2n) is 8.86. The zero-order valence-electron chi connectivity index (χ0n) is 21.2.